The first-order valence-electron chi connectivity index (χ1n) is 8.03. The Bertz CT molecular complexity index is 563. The van der Waals surface area contributed by atoms with E-state index < -0.39 is 5.97 Å². The summed E-state index contributed by atoms with van der Waals surface area (Å²) < 4.78 is 15.1. The number of hydrogen-bond donors (Lipinski definition) is 2. The van der Waals surface area contributed by atoms with E-state index in [1.165, 1.54) is 7.11 Å². The number of rotatable bonds is 10. The van der Waals surface area contributed by atoms with Gasteiger partial charge in [-0.15, -0.1) is 0 Å². The zero-order chi connectivity index (χ0) is 18.5. The summed E-state index contributed by atoms with van der Waals surface area (Å²) in [6.45, 7) is 3.20. The summed E-state index contributed by atoms with van der Waals surface area (Å²) in [4.78, 5) is 23.1. The Morgan fingerprint density at radius 1 is 1.08 bits per heavy atom. The molecule has 138 valence electrons. The maximum atomic E-state index is 11.8. The van der Waals surface area contributed by atoms with Gasteiger partial charge in [-0.2, -0.15) is 0 Å². The standard InChI is InChI=1S/C17H24N2O5S/c1-3-10-23-14-6-4-13(5-7-14)18-17(25)19-15(20)8-9-16(21)24-12-11-22-2/h4-7H,3,8-12H2,1-2H3,(H2,18,19,20,25). The summed E-state index contributed by atoms with van der Waals surface area (Å²) in [7, 11) is 1.51. The Hall–Kier alpha value is -2.19. The fourth-order valence-electron chi connectivity index (χ4n) is 1.73. The van der Waals surface area contributed by atoms with Gasteiger partial charge in [-0.1, -0.05) is 6.92 Å². The quantitative estimate of drug-likeness (QED) is 0.372. The molecule has 1 rings (SSSR count). The second-order valence-corrected chi connectivity index (χ2v) is 5.50. The first kappa shape index (κ1) is 20.9. The monoisotopic (exact) mass is 368 g/mol. The van der Waals surface area contributed by atoms with Gasteiger partial charge in [0.05, 0.1) is 19.6 Å². The van der Waals surface area contributed by atoms with E-state index >= 15 is 0 Å². The predicted molar refractivity (Wildman–Crippen MR) is 98.7 cm³/mol. The molecule has 0 spiro atoms. The third-order valence-corrected chi connectivity index (χ3v) is 3.15. The van der Waals surface area contributed by atoms with E-state index in [4.69, 9.17) is 26.4 Å². The van der Waals surface area contributed by atoms with Crippen LogP contribution in [0, 0.1) is 0 Å². The lowest BCUT2D eigenvalue weighted by Gasteiger charge is -2.10. The van der Waals surface area contributed by atoms with Gasteiger partial charge < -0.3 is 24.8 Å². The Morgan fingerprint density at radius 2 is 1.80 bits per heavy atom. The minimum Gasteiger partial charge on any atom is -0.494 e. The number of thiocarbonyl (C=S) groups is 1. The lowest BCUT2D eigenvalue weighted by molar-refractivity contribution is -0.146. The molecule has 0 aromatic heterocycles. The first-order chi connectivity index (χ1) is 12.0. The average Bonchev–Trinajstić information content (AvgIpc) is 2.59. The molecular weight excluding hydrogens is 344 g/mol. The number of methoxy groups -OCH3 is 1. The van der Waals surface area contributed by atoms with Gasteiger partial charge in [-0.05, 0) is 42.9 Å². The van der Waals surface area contributed by atoms with Gasteiger partial charge >= 0.3 is 5.97 Å². The fourth-order valence-corrected chi connectivity index (χ4v) is 1.96. The second kappa shape index (κ2) is 12.2. The molecule has 0 saturated heterocycles. The molecule has 0 radical (unpaired) electrons. The molecule has 2 N–H and O–H groups in total. The van der Waals surface area contributed by atoms with Crippen molar-refractivity contribution in [2.75, 3.05) is 32.2 Å². The van der Waals surface area contributed by atoms with Crippen molar-refractivity contribution >= 4 is 34.9 Å². The molecule has 0 unspecified atom stereocenters. The molecule has 0 aliphatic carbocycles. The highest BCUT2D eigenvalue weighted by Crippen LogP contribution is 2.15. The van der Waals surface area contributed by atoms with Crippen LogP contribution in [-0.4, -0.2) is 43.9 Å². The number of anilines is 1. The molecular formula is C17H24N2O5S. The molecule has 0 atom stereocenters. The average molecular weight is 368 g/mol. The normalized spacial score (nSPS) is 10.0. The summed E-state index contributed by atoms with van der Waals surface area (Å²) >= 11 is 5.07. The van der Waals surface area contributed by atoms with Gasteiger partial charge in [0.25, 0.3) is 0 Å². The number of nitrogens with one attached hydrogen (secondary N) is 2. The van der Waals surface area contributed by atoms with Crippen LogP contribution < -0.4 is 15.4 Å². The minimum absolute atomic E-state index is 0.00255. The van der Waals surface area contributed by atoms with Gasteiger partial charge in [-0.3, -0.25) is 9.59 Å². The smallest absolute Gasteiger partial charge is 0.306 e. The summed E-state index contributed by atoms with van der Waals surface area (Å²) in [5, 5.41) is 5.58. The number of amides is 1. The number of benzene rings is 1. The molecule has 0 heterocycles. The van der Waals surface area contributed by atoms with E-state index in [9.17, 15) is 9.59 Å². The Kier molecular flexibility index (Phi) is 10.2. The minimum atomic E-state index is -0.450. The zero-order valence-electron chi connectivity index (χ0n) is 14.5. The van der Waals surface area contributed by atoms with Crippen molar-refractivity contribution in [3.8, 4) is 5.75 Å². The summed E-state index contributed by atoms with van der Waals surface area (Å²) in [5.41, 5.74) is 0.730. The topological polar surface area (TPSA) is 85.9 Å². The number of carbonyl (C=O) groups excluding carboxylic acids is 2. The van der Waals surface area contributed by atoms with Crippen LogP contribution in [0.1, 0.15) is 26.2 Å². The molecule has 0 bridgehead atoms. The van der Waals surface area contributed by atoms with Gasteiger partial charge in [0.15, 0.2) is 5.11 Å². The molecule has 7 nitrogen and oxygen atoms in total. The van der Waals surface area contributed by atoms with Crippen LogP contribution in [0.2, 0.25) is 0 Å². The van der Waals surface area contributed by atoms with E-state index in [0.29, 0.717) is 13.2 Å². The lowest BCUT2D eigenvalue weighted by atomic mass is 10.3. The van der Waals surface area contributed by atoms with E-state index in [0.717, 1.165) is 17.9 Å². The van der Waals surface area contributed by atoms with Gasteiger partial charge in [0, 0.05) is 19.2 Å². The Labute approximate surface area is 153 Å². The largest absolute Gasteiger partial charge is 0.494 e. The van der Waals surface area contributed by atoms with Gasteiger partial charge in [0.1, 0.15) is 12.4 Å². The van der Waals surface area contributed by atoms with Crippen molar-refractivity contribution in [3.05, 3.63) is 24.3 Å². The highest BCUT2D eigenvalue weighted by atomic mass is 32.1. The van der Waals surface area contributed by atoms with Crippen LogP contribution in [0.15, 0.2) is 24.3 Å². The highest BCUT2D eigenvalue weighted by Gasteiger charge is 2.09. The fraction of sp³-hybridized carbons (Fsp3) is 0.471. The van der Waals surface area contributed by atoms with E-state index in [2.05, 4.69) is 10.6 Å². The van der Waals surface area contributed by atoms with Crippen LogP contribution in [0.3, 0.4) is 0 Å². The van der Waals surface area contributed by atoms with E-state index in [1.807, 2.05) is 19.1 Å². The first-order valence-corrected chi connectivity index (χ1v) is 8.44. The number of hydrogen-bond acceptors (Lipinski definition) is 6. The third kappa shape index (κ3) is 9.63. The second-order valence-electron chi connectivity index (χ2n) is 5.09. The maximum Gasteiger partial charge on any atom is 0.306 e. The van der Waals surface area contributed by atoms with Crippen LogP contribution in [-0.2, 0) is 19.1 Å². The number of carbonyl (C=O) groups is 2. The van der Waals surface area contributed by atoms with Crippen molar-refractivity contribution in [2.45, 2.75) is 26.2 Å². The van der Waals surface area contributed by atoms with Crippen LogP contribution in [0.25, 0.3) is 0 Å². The van der Waals surface area contributed by atoms with Crippen molar-refractivity contribution in [3.63, 3.8) is 0 Å². The number of esters is 1. The van der Waals surface area contributed by atoms with Crippen LogP contribution >= 0.6 is 12.2 Å². The molecule has 0 aliphatic rings. The van der Waals surface area contributed by atoms with Crippen LogP contribution in [0.4, 0.5) is 5.69 Å². The molecule has 1 aromatic rings. The summed E-state index contributed by atoms with van der Waals surface area (Å²) in [6.07, 6.45) is 0.926. The highest BCUT2D eigenvalue weighted by molar-refractivity contribution is 7.80. The summed E-state index contributed by atoms with van der Waals surface area (Å²) in [6, 6.07) is 7.24. The van der Waals surface area contributed by atoms with Crippen molar-refractivity contribution < 1.29 is 23.8 Å². The predicted octanol–water partition coefficient (Wildman–Crippen LogP) is 2.26. The van der Waals surface area contributed by atoms with E-state index in [1.54, 1.807) is 12.1 Å². The zero-order valence-corrected chi connectivity index (χ0v) is 15.3. The molecule has 1 aromatic carbocycles. The molecule has 0 saturated carbocycles. The molecule has 0 aliphatic heterocycles. The molecule has 1 amide bonds. The van der Waals surface area contributed by atoms with Crippen molar-refractivity contribution in [1.29, 1.82) is 0 Å². The maximum absolute atomic E-state index is 11.8. The van der Waals surface area contributed by atoms with Gasteiger partial charge in [-0.25, -0.2) is 0 Å². The molecule has 0 fully saturated rings. The number of ether oxygens (including phenoxy) is 3. The summed E-state index contributed by atoms with van der Waals surface area (Å²) in [5.74, 6) is -0.0350. The molecule has 8 heteroatoms. The van der Waals surface area contributed by atoms with Crippen molar-refractivity contribution in [2.24, 2.45) is 0 Å². The SMILES string of the molecule is CCCOc1ccc(NC(=S)NC(=O)CCC(=O)OCCOC)cc1. The van der Waals surface area contributed by atoms with Gasteiger partial charge in [0.2, 0.25) is 5.91 Å². The third-order valence-electron chi connectivity index (χ3n) is 2.94. The lowest BCUT2D eigenvalue weighted by Crippen LogP contribution is -2.34. The molecule has 25 heavy (non-hydrogen) atoms. The van der Waals surface area contributed by atoms with Crippen LogP contribution in [0.5, 0.6) is 5.75 Å². The Morgan fingerprint density at radius 3 is 2.44 bits per heavy atom. The van der Waals surface area contributed by atoms with Crippen molar-refractivity contribution in [1.82, 2.24) is 5.32 Å². The Balaban J connectivity index is 2.28. The van der Waals surface area contributed by atoms with E-state index in [-0.39, 0.29) is 30.5 Å².